The Kier molecular flexibility index (Phi) is 4.73. The van der Waals surface area contributed by atoms with Crippen LogP contribution >= 0.6 is 0 Å². The molecule has 0 amide bonds. The summed E-state index contributed by atoms with van der Waals surface area (Å²) >= 11 is 0. The van der Waals surface area contributed by atoms with E-state index in [1.807, 2.05) is 6.92 Å². The molecular weight excluding hydrogens is 292 g/mol. The standard InChI is InChI=1S/C14H22N2O4S/c1-4-20-14(17)13-7-12(15-11(13)3)9-16-5-6-21(18,19)10(2)8-16/h7,10,15H,4-6,8-9H2,1-3H3. The number of rotatable bonds is 4. The fourth-order valence-electron chi connectivity index (χ4n) is 2.54. The number of esters is 1. The predicted molar refractivity (Wildman–Crippen MR) is 80.0 cm³/mol. The van der Waals surface area contributed by atoms with Crippen molar-refractivity contribution in [1.29, 1.82) is 0 Å². The Morgan fingerprint density at radius 1 is 1.52 bits per heavy atom. The van der Waals surface area contributed by atoms with E-state index in [4.69, 9.17) is 4.74 Å². The van der Waals surface area contributed by atoms with E-state index in [1.54, 1.807) is 19.9 Å². The van der Waals surface area contributed by atoms with Crippen LogP contribution in [-0.2, 0) is 21.1 Å². The zero-order valence-electron chi connectivity index (χ0n) is 12.7. The highest BCUT2D eigenvalue weighted by Gasteiger charge is 2.29. The minimum Gasteiger partial charge on any atom is -0.462 e. The van der Waals surface area contributed by atoms with Crippen LogP contribution in [-0.4, -0.2) is 55.0 Å². The third kappa shape index (κ3) is 3.65. The van der Waals surface area contributed by atoms with Gasteiger partial charge in [0.05, 0.1) is 23.2 Å². The Bertz CT molecular complexity index is 621. The second-order valence-electron chi connectivity index (χ2n) is 5.47. The lowest BCUT2D eigenvalue weighted by Crippen LogP contribution is -2.44. The van der Waals surface area contributed by atoms with Gasteiger partial charge in [-0.3, -0.25) is 4.90 Å². The van der Waals surface area contributed by atoms with Gasteiger partial charge in [0.2, 0.25) is 0 Å². The first-order valence-electron chi connectivity index (χ1n) is 7.13. The lowest BCUT2D eigenvalue weighted by atomic mass is 10.2. The summed E-state index contributed by atoms with van der Waals surface area (Å²) in [6.07, 6.45) is 0. The average Bonchev–Trinajstić information content (AvgIpc) is 2.76. The molecular formula is C14H22N2O4S. The highest BCUT2D eigenvalue weighted by molar-refractivity contribution is 7.92. The second-order valence-corrected chi connectivity index (χ2v) is 8.01. The van der Waals surface area contributed by atoms with E-state index < -0.39 is 9.84 Å². The number of hydrogen-bond donors (Lipinski definition) is 1. The Labute approximate surface area is 125 Å². The van der Waals surface area contributed by atoms with E-state index >= 15 is 0 Å². The van der Waals surface area contributed by atoms with Crippen LogP contribution < -0.4 is 0 Å². The highest BCUT2D eigenvalue weighted by Crippen LogP contribution is 2.17. The summed E-state index contributed by atoms with van der Waals surface area (Å²) in [5.74, 6) is -0.134. The average molecular weight is 314 g/mol. The maximum atomic E-state index is 11.8. The number of aromatic amines is 1. The zero-order chi connectivity index (χ0) is 15.6. The van der Waals surface area contributed by atoms with Gasteiger partial charge in [-0.25, -0.2) is 13.2 Å². The molecule has 1 aliphatic heterocycles. The summed E-state index contributed by atoms with van der Waals surface area (Å²) in [5.41, 5.74) is 2.23. The van der Waals surface area contributed by atoms with Crippen LogP contribution in [0, 0.1) is 6.92 Å². The van der Waals surface area contributed by atoms with Crippen LogP contribution in [0.4, 0.5) is 0 Å². The number of carbonyl (C=O) groups is 1. The van der Waals surface area contributed by atoms with Crippen LogP contribution in [0.15, 0.2) is 6.07 Å². The number of H-pyrrole nitrogens is 1. The highest BCUT2D eigenvalue weighted by atomic mass is 32.2. The molecule has 1 saturated heterocycles. The molecule has 1 atom stereocenters. The number of carbonyl (C=O) groups excluding carboxylic acids is 1. The van der Waals surface area contributed by atoms with Crippen molar-refractivity contribution < 1.29 is 17.9 Å². The predicted octanol–water partition coefficient (Wildman–Crippen LogP) is 1.12. The summed E-state index contributed by atoms with van der Waals surface area (Å²) in [6, 6.07) is 1.79. The summed E-state index contributed by atoms with van der Waals surface area (Å²) in [5, 5.41) is -0.341. The maximum Gasteiger partial charge on any atom is 0.339 e. The van der Waals surface area contributed by atoms with Crippen molar-refractivity contribution in [3.8, 4) is 0 Å². The van der Waals surface area contributed by atoms with Crippen LogP contribution in [0.5, 0.6) is 0 Å². The van der Waals surface area contributed by atoms with Crippen molar-refractivity contribution >= 4 is 15.8 Å². The second kappa shape index (κ2) is 6.19. The number of sulfone groups is 1. The Balaban J connectivity index is 2.04. The Morgan fingerprint density at radius 2 is 2.24 bits per heavy atom. The van der Waals surface area contributed by atoms with Crippen molar-refractivity contribution in [2.24, 2.45) is 0 Å². The van der Waals surface area contributed by atoms with E-state index in [0.29, 0.717) is 31.8 Å². The van der Waals surface area contributed by atoms with E-state index in [-0.39, 0.29) is 17.0 Å². The number of hydrogen-bond acceptors (Lipinski definition) is 5. The molecule has 118 valence electrons. The smallest absolute Gasteiger partial charge is 0.339 e. The third-order valence-corrected chi connectivity index (χ3v) is 5.91. The van der Waals surface area contributed by atoms with Gasteiger partial charge < -0.3 is 9.72 Å². The molecule has 2 heterocycles. The van der Waals surface area contributed by atoms with E-state index in [0.717, 1.165) is 11.4 Å². The molecule has 1 aromatic rings. The number of ether oxygens (including phenoxy) is 1. The van der Waals surface area contributed by atoms with Crippen molar-refractivity contribution in [2.75, 3.05) is 25.4 Å². The van der Waals surface area contributed by atoms with E-state index in [9.17, 15) is 13.2 Å². The normalized spacial score (nSPS) is 22.1. The largest absolute Gasteiger partial charge is 0.462 e. The van der Waals surface area contributed by atoms with Crippen LogP contribution in [0.1, 0.15) is 35.6 Å². The topological polar surface area (TPSA) is 79.5 Å². The quantitative estimate of drug-likeness (QED) is 0.843. The first kappa shape index (κ1) is 16.0. The molecule has 21 heavy (non-hydrogen) atoms. The van der Waals surface area contributed by atoms with Crippen LogP contribution in [0.25, 0.3) is 0 Å². The van der Waals surface area contributed by atoms with Gasteiger partial charge in [0.15, 0.2) is 9.84 Å². The zero-order valence-corrected chi connectivity index (χ0v) is 13.5. The molecule has 1 unspecified atom stereocenters. The lowest BCUT2D eigenvalue weighted by Gasteiger charge is -2.30. The summed E-state index contributed by atoms with van der Waals surface area (Å²) in [7, 11) is -2.94. The first-order chi connectivity index (χ1) is 9.83. The van der Waals surface area contributed by atoms with Gasteiger partial charge in [-0.2, -0.15) is 0 Å². The van der Waals surface area contributed by atoms with Gasteiger partial charge in [-0.05, 0) is 26.8 Å². The van der Waals surface area contributed by atoms with Crippen molar-refractivity contribution in [2.45, 2.75) is 32.6 Å². The number of nitrogens with zero attached hydrogens (tertiary/aromatic N) is 1. The van der Waals surface area contributed by atoms with E-state index in [1.165, 1.54) is 0 Å². The lowest BCUT2D eigenvalue weighted by molar-refractivity contribution is 0.0525. The van der Waals surface area contributed by atoms with Gasteiger partial charge in [-0.1, -0.05) is 0 Å². The molecule has 0 radical (unpaired) electrons. The first-order valence-corrected chi connectivity index (χ1v) is 8.84. The molecule has 1 aromatic heterocycles. The summed E-state index contributed by atoms with van der Waals surface area (Å²) < 4.78 is 28.4. The fraction of sp³-hybridized carbons (Fsp3) is 0.643. The molecule has 0 aromatic carbocycles. The van der Waals surface area contributed by atoms with Crippen molar-refractivity contribution in [1.82, 2.24) is 9.88 Å². The van der Waals surface area contributed by atoms with Crippen LogP contribution in [0.2, 0.25) is 0 Å². The molecule has 1 aliphatic rings. The molecule has 1 N–H and O–H groups in total. The summed E-state index contributed by atoms with van der Waals surface area (Å²) in [4.78, 5) is 17.0. The molecule has 1 fully saturated rings. The van der Waals surface area contributed by atoms with Gasteiger partial charge in [0.1, 0.15) is 0 Å². The number of aromatic nitrogens is 1. The minimum absolute atomic E-state index is 0.193. The maximum absolute atomic E-state index is 11.8. The molecule has 2 rings (SSSR count). The SMILES string of the molecule is CCOC(=O)c1cc(CN2CCS(=O)(=O)C(C)C2)[nH]c1C. The monoisotopic (exact) mass is 314 g/mol. The van der Waals surface area contributed by atoms with Gasteiger partial charge in [0.25, 0.3) is 0 Å². The van der Waals surface area contributed by atoms with Crippen LogP contribution in [0.3, 0.4) is 0 Å². The molecule has 0 saturated carbocycles. The van der Waals surface area contributed by atoms with Crippen molar-refractivity contribution in [3.63, 3.8) is 0 Å². The minimum atomic E-state index is -2.94. The molecule has 6 nitrogen and oxygen atoms in total. The van der Waals surface area contributed by atoms with E-state index in [2.05, 4.69) is 9.88 Å². The number of nitrogens with one attached hydrogen (secondary N) is 1. The molecule has 0 bridgehead atoms. The molecule has 0 aliphatic carbocycles. The Morgan fingerprint density at radius 3 is 2.86 bits per heavy atom. The molecule has 7 heteroatoms. The van der Waals surface area contributed by atoms with Gasteiger partial charge in [0, 0.05) is 31.0 Å². The summed E-state index contributed by atoms with van der Waals surface area (Å²) in [6.45, 7) is 7.36. The van der Waals surface area contributed by atoms with Gasteiger partial charge >= 0.3 is 5.97 Å². The van der Waals surface area contributed by atoms with Gasteiger partial charge in [-0.15, -0.1) is 0 Å². The fourth-order valence-corrected chi connectivity index (χ4v) is 3.90. The third-order valence-electron chi connectivity index (χ3n) is 3.78. The van der Waals surface area contributed by atoms with Crippen molar-refractivity contribution in [3.05, 3.63) is 23.0 Å². The number of aryl methyl sites for hydroxylation is 1. The molecule has 0 spiro atoms. The Hall–Kier alpha value is -1.34.